The van der Waals surface area contributed by atoms with Gasteiger partial charge in [-0.15, -0.1) is 0 Å². The van der Waals surface area contributed by atoms with Crippen molar-refractivity contribution in [2.24, 2.45) is 17.2 Å². The van der Waals surface area contributed by atoms with E-state index in [-0.39, 0.29) is 0 Å². The van der Waals surface area contributed by atoms with E-state index in [2.05, 4.69) is 26.2 Å². The number of nitrogens with one attached hydrogen (secondary N) is 1. The zero-order valence-corrected chi connectivity index (χ0v) is 8.56. The van der Waals surface area contributed by atoms with Gasteiger partial charge in [-0.2, -0.15) is 0 Å². The molecule has 2 nitrogen and oxygen atoms in total. The SMILES string of the molecule is CC(C)(C)C(NN)C1CCCC1. The normalized spacial score (nSPS) is 23.0. The Balaban J connectivity index is 2.54. The fraction of sp³-hybridized carbons (Fsp3) is 1.00. The highest BCUT2D eigenvalue weighted by atomic mass is 15.2. The average Bonchev–Trinajstić information content (AvgIpc) is 2.38. The molecule has 12 heavy (non-hydrogen) atoms. The van der Waals surface area contributed by atoms with Crippen LogP contribution in [0.5, 0.6) is 0 Å². The van der Waals surface area contributed by atoms with Crippen molar-refractivity contribution in [2.75, 3.05) is 0 Å². The van der Waals surface area contributed by atoms with E-state index in [0.29, 0.717) is 11.5 Å². The van der Waals surface area contributed by atoms with Gasteiger partial charge in [-0.25, -0.2) is 0 Å². The van der Waals surface area contributed by atoms with Gasteiger partial charge in [0.25, 0.3) is 0 Å². The summed E-state index contributed by atoms with van der Waals surface area (Å²) < 4.78 is 0. The fourth-order valence-corrected chi connectivity index (χ4v) is 2.38. The average molecular weight is 170 g/mol. The number of nitrogens with two attached hydrogens (primary N) is 1. The zero-order chi connectivity index (χ0) is 9.19. The van der Waals surface area contributed by atoms with E-state index in [4.69, 9.17) is 5.84 Å². The van der Waals surface area contributed by atoms with Crippen molar-refractivity contribution >= 4 is 0 Å². The van der Waals surface area contributed by atoms with Crippen LogP contribution < -0.4 is 11.3 Å². The summed E-state index contributed by atoms with van der Waals surface area (Å²) in [6.07, 6.45) is 5.48. The van der Waals surface area contributed by atoms with E-state index in [1.54, 1.807) is 0 Å². The highest BCUT2D eigenvalue weighted by molar-refractivity contribution is 4.87. The summed E-state index contributed by atoms with van der Waals surface area (Å²) in [6.45, 7) is 6.78. The topological polar surface area (TPSA) is 38.0 Å². The van der Waals surface area contributed by atoms with Crippen molar-refractivity contribution in [1.82, 2.24) is 5.43 Å². The highest BCUT2D eigenvalue weighted by Crippen LogP contribution is 2.35. The van der Waals surface area contributed by atoms with Crippen LogP contribution in [0.25, 0.3) is 0 Å². The molecule has 1 aliphatic carbocycles. The molecule has 0 aromatic carbocycles. The number of hydrazine groups is 1. The first-order valence-corrected chi connectivity index (χ1v) is 5.02. The van der Waals surface area contributed by atoms with Crippen molar-refractivity contribution < 1.29 is 0 Å². The van der Waals surface area contributed by atoms with E-state index < -0.39 is 0 Å². The second-order valence-corrected chi connectivity index (χ2v) is 5.05. The predicted molar refractivity (Wildman–Crippen MR) is 52.5 cm³/mol. The Morgan fingerprint density at radius 3 is 2.08 bits per heavy atom. The summed E-state index contributed by atoms with van der Waals surface area (Å²) in [5, 5.41) is 0. The third kappa shape index (κ3) is 2.20. The van der Waals surface area contributed by atoms with Crippen molar-refractivity contribution in [3.8, 4) is 0 Å². The molecule has 0 aliphatic heterocycles. The molecule has 0 aromatic heterocycles. The van der Waals surface area contributed by atoms with Gasteiger partial charge in [-0.3, -0.25) is 11.3 Å². The lowest BCUT2D eigenvalue weighted by Crippen LogP contribution is -2.48. The van der Waals surface area contributed by atoms with Crippen LogP contribution in [0.2, 0.25) is 0 Å². The molecule has 0 saturated heterocycles. The third-order valence-corrected chi connectivity index (χ3v) is 2.98. The van der Waals surface area contributed by atoms with Gasteiger partial charge in [-0.1, -0.05) is 33.6 Å². The van der Waals surface area contributed by atoms with Gasteiger partial charge in [0.1, 0.15) is 0 Å². The lowest BCUT2D eigenvalue weighted by Gasteiger charge is -2.34. The Hall–Kier alpha value is -0.0800. The van der Waals surface area contributed by atoms with Crippen molar-refractivity contribution in [1.29, 1.82) is 0 Å². The summed E-state index contributed by atoms with van der Waals surface area (Å²) >= 11 is 0. The summed E-state index contributed by atoms with van der Waals surface area (Å²) in [5.41, 5.74) is 3.28. The van der Waals surface area contributed by atoms with E-state index in [0.717, 1.165) is 5.92 Å². The van der Waals surface area contributed by atoms with Crippen molar-refractivity contribution in [3.05, 3.63) is 0 Å². The van der Waals surface area contributed by atoms with Gasteiger partial charge in [0.2, 0.25) is 0 Å². The molecule has 0 aromatic rings. The Kier molecular flexibility index (Phi) is 3.13. The Morgan fingerprint density at radius 2 is 1.75 bits per heavy atom. The molecule has 1 aliphatic rings. The van der Waals surface area contributed by atoms with Crippen LogP contribution in [0, 0.1) is 11.3 Å². The predicted octanol–water partition coefficient (Wildman–Crippen LogP) is 2.05. The number of hydrogen-bond donors (Lipinski definition) is 2. The molecule has 0 bridgehead atoms. The molecule has 1 saturated carbocycles. The second kappa shape index (κ2) is 3.75. The van der Waals surface area contributed by atoms with Gasteiger partial charge in [0, 0.05) is 6.04 Å². The molecular formula is C10H22N2. The number of rotatable bonds is 2. The third-order valence-electron chi connectivity index (χ3n) is 2.98. The Bertz CT molecular complexity index is 131. The van der Waals surface area contributed by atoms with Crippen LogP contribution in [-0.2, 0) is 0 Å². The molecule has 1 rings (SSSR count). The molecule has 1 fully saturated rings. The van der Waals surface area contributed by atoms with Gasteiger partial charge in [0.05, 0.1) is 0 Å². The lowest BCUT2D eigenvalue weighted by atomic mass is 9.78. The maximum Gasteiger partial charge on any atom is 0.0287 e. The first kappa shape index (κ1) is 10.0. The van der Waals surface area contributed by atoms with Crippen LogP contribution >= 0.6 is 0 Å². The van der Waals surface area contributed by atoms with Crippen molar-refractivity contribution in [2.45, 2.75) is 52.5 Å². The quantitative estimate of drug-likeness (QED) is 0.492. The standard InChI is InChI=1S/C10H22N2/c1-10(2,3)9(12-11)8-6-4-5-7-8/h8-9,12H,4-7,11H2,1-3H3. The molecule has 0 amide bonds. The van der Waals surface area contributed by atoms with Crippen LogP contribution in [0.1, 0.15) is 46.5 Å². The lowest BCUT2D eigenvalue weighted by molar-refractivity contribution is 0.195. The largest absolute Gasteiger partial charge is 0.271 e. The molecule has 2 heteroatoms. The minimum absolute atomic E-state index is 0.295. The van der Waals surface area contributed by atoms with Crippen LogP contribution in [0.15, 0.2) is 0 Å². The first-order chi connectivity index (χ1) is 5.55. The summed E-state index contributed by atoms with van der Waals surface area (Å²) in [6, 6.07) is 0.486. The van der Waals surface area contributed by atoms with E-state index in [9.17, 15) is 0 Å². The second-order valence-electron chi connectivity index (χ2n) is 5.05. The minimum Gasteiger partial charge on any atom is -0.271 e. The van der Waals surface area contributed by atoms with E-state index in [1.807, 2.05) is 0 Å². The van der Waals surface area contributed by atoms with Crippen molar-refractivity contribution in [3.63, 3.8) is 0 Å². The first-order valence-electron chi connectivity index (χ1n) is 5.02. The molecule has 72 valence electrons. The van der Waals surface area contributed by atoms with Gasteiger partial charge >= 0.3 is 0 Å². The van der Waals surface area contributed by atoms with Crippen LogP contribution in [-0.4, -0.2) is 6.04 Å². The molecule has 1 atom stereocenters. The van der Waals surface area contributed by atoms with E-state index in [1.165, 1.54) is 25.7 Å². The zero-order valence-electron chi connectivity index (χ0n) is 8.56. The highest BCUT2D eigenvalue weighted by Gasteiger charge is 2.32. The minimum atomic E-state index is 0.295. The molecule has 3 N–H and O–H groups in total. The molecular weight excluding hydrogens is 148 g/mol. The maximum absolute atomic E-state index is 5.59. The number of hydrogen-bond acceptors (Lipinski definition) is 2. The molecule has 0 heterocycles. The van der Waals surface area contributed by atoms with Crippen LogP contribution in [0.3, 0.4) is 0 Å². The van der Waals surface area contributed by atoms with Gasteiger partial charge in [0.15, 0.2) is 0 Å². The van der Waals surface area contributed by atoms with Gasteiger partial charge < -0.3 is 0 Å². The molecule has 0 radical (unpaired) electrons. The maximum atomic E-state index is 5.59. The molecule has 1 unspecified atom stereocenters. The Morgan fingerprint density at radius 1 is 1.25 bits per heavy atom. The van der Waals surface area contributed by atoms with Gasteiger partial charge in [-0.05, 0) is 24.2 Å². The summed E-state index contributed by atoms with van der Waals surface area (Å²) in [4.78, 5) is 0. The summed E-state index contributed by atoms with van der Waals surface area (Å²) in [7, 11) is 0. The van der Waals surface area contributed by atoms with E-state index >= 15 is 0 Å². The smallest absolute Gasteiger partial charge is 0.0287 e. The monoisotopic (exact) mass is 170 g/mol. The van der Waals surface area contributed by atoms with Crippen LogP contribution in [0.4, 0.5) is 0 Å². The Labute approximate surface area is 75.9 Å². The fourth-order valence-electron chi connectivity index (χ4n) is 2.38. The molecule has 0 spiro atoms. The summed E-state index contributed by atoms with van der Waals surface area (Å²) in [5.74, 6) is 6.39.